The minimum Gasteiger partial charge on any atom is -0.310 e. The van der Waals surface area contributed by atoms with Crippen molar-refractivity contribution in [3.63, 3.8) is 0 Å². The number of fused-ring (bicyclic) bond motifs is 2. The van der Waals surface area contributed by atoms with E-state index in [-0.39, 0.29) is 5.91 Å². The van der Waals surface area contributed by atoms with Gasteiger partial charge in [-0.15, -0.1) is 0 Å². The van der Waals surface area contributed by atoms with E-state index in [0.29, 0.717) is 24.6 Å². The molecule has 4 rings (SSSR count). The quantitative estimate of drug-likeness (QED) is 0.558. The van der Waals surface area contributed by atoms with E-state index >= 15 is 0 Å². The molecule has 0 saturated heterocycles. The summed E-state index contributed by atoms with van der Waals surface area (Å²) < 4.78 is 3.77. The number of nitrogens with one attached hydrogen (secondary N) is 1. The maximum absolute atomic E-state index is 12.6. The zero-order valence-corrected chi connectivity index (χ0v) is 16.3. The molecular weight excluding hydrogens is 354 g/mol. The number of carbonyl (C=O) groups is 1. The molecule has 0 fully saturated rings. The average Bonchev–Trinajstić information content (AvgIpc) is 3.27. The standard InChI is InChI=1S/C20H23N7O/c1-4-11-26-17-8-6-5-7-16(17)24-20(26)25-18(28)10-9-15-13(2)23-19-21-12-22-27(19)14(15)3/h5-8,12H,4,9-11H2,1-3H3,(H,24,25,28). The summed E-state index contributed by atoms with van der Waals surface area (Å²) in [6.07, 6.45) is 3.38. The van der Waals surface area contributed by atoms with E-state index in [1.807, 2.05) is 38.1 Å². The molecule has 0 radical (unpaired) electrons. The number of amides is 1. The van der Waals surface area contributed by atoms with Crippen molar-refractivity contribution in [2.24, 2.45) is 0 Å². The minimum atomic E-state index is -0.0647. The van der Waals surface area contributed by atoms with E-state index < -0.39 is 0 Å². The molecule has 4 aromatic rings. The number of hydrogen-bond donors (Lipinski definition) is 1. The number of anilines is 1. The lowest BCUT2D eigenvalue weighted by atomic mass is 10.1. The molecule has 8 heteroatoms. The van der Waals surface area contributed by atoms with E-state index in [4.69, 9.17) is 0 Å². The van der Waals surface area contributed by atoms with Crippen molar-refractivity contribution in [3.8, 4) is 0 Å². The lowest BCUT2D eigenvalue weighted by Crippen LogP contribution is -2.17. The molecule has 1 amide bonds. The third kappa shape index (κ3) is 3.21. The van der Waals surface area contributed by atoms with Gasteiger partial charge in [0, 0.05) is 24.4 Å². The summed E-state index contributed by atoms with van der Waals surface area (Å²) in [5.41, 5.74) is 4.79. The molecule has 3 heterocycles. The number of nitrogens with zero attached hydrogens (tertiary/aromatic N) is 6. The van der Waals surface area contributed by atoms with E-state index in [0.717, 1.165) is 41.0 Å². The number of para-hydroxylation sites is 2. The molecule has 1 aromatic carbocycles. The predicted molar refractivity (Wildman–Crippen MR) is 107 cm³/mol. The van der Waals surface area contributed by atoms with Crippen LogP contribution in [0.2, 0.25) is 0 Å². The zero-order valence-electron chi connectivity index (χ0n) is 16.3. The van der Waals surface area contributed by atoms with Crippen LogP contribution in [0.5, 0.6) is 0 Å². The first-order valence-corrected chi connectivity index (χ1v) is 9.49. The minimum absolute atomic E-state index is 0.0647. The van der Waals surface area contributed by atoms with Crippen LogP contribution in [-0.4, -0.2) is 35.0 Å². The fourth-order valence-corrected chi connectivity index (χ4v) is 3.56. The Labute approximate surface area is 162 Å². The monoisotopic (exact) mass is 377 g/mol. The van der Waals surface area contributed by atoms with E-state index in [9.17, 15) is 4.79 Å². The van der Waals surface area contributed by atoms with Crippen LogP contribution in [0, 0.1) is 13.8 Å². The normalized spacial score (nSPS) is 11.4. The summed E-state index contributed by atoms with van der Waals surface area (Å²) in [7, 11) is 0. The summed E-state index contributed by atoms with van der Waals surface area (Å²) in [6.45, 7) is 6.83. The third-order valence-electron chi connectivity index (χ3n) is 4.94. The van der Waals surface area contributed by atoms with Crippen LogP contribution < -0.4 is 5.32 Å². The second kappa shape index (κ2) is 7.38. The SMILES string of the molecule is CCCn1c(NC(=O)CCc2c(C)nc3ncnn3c2C)nc2ccccc21. The highest BCUT2D eigenvalue weighted by atomic mass is 16.1. The lowest BCUT2D eigenvalue weighted by molar-refractivity contribution is -0.116. The summed E-state index contributed by atoms with van der Waals surface area (Å²) >= 11 is 0. The van der Waals surface area contributed by atoms with Gasteiger partial charge in [0.05, 0.1) is 11.0 Å². The first-order chi connectivity index (χ1) is 13.6. The van der Waals surface area contributed by atoms with Gasteiger partial charge in [-0.2, -0.15) is 10.1 Å². The van der Waals surface area contributed by atoms with Gasteiger partial charge in [0.1, 0.15) is 6.33 Å². The van der Waals surface area contributed by atoms with Gasteiger partial charge in [0.15, 0.2) is 0 Å². The van der Waals surface area contributed by atoms with Gasteiger partial charge in [0.25, 0.3) is 5.78 Å². The third-order valence-corrected chi connectivity index (χ3v) is 4.94. The first-order valence-electron chi connectivity index (χ1n) is 9.49. The molecule has 0 aliphatic heterocycles. The molecule has 0 aliphatic carbocycles. The Bertz CT molecular complexity index is 1160. The Balaban J connectivity index is 1.53. The lowest BCUT2D eigenvalue weighted by Gasteiger charge is -2.11. The predicted octanol–water partition coefficient (Wildman–Crippen LogP) is 3.07. The van der Waals surface area contributed by atoms with Crippen molar-refractivity contribution >= 4 is 28.7 Å². The summed E-state index contributed by atoms with van der Waals surface area (Å²) in [4.78, 5) is 25.8. The summed E-state index contributed by atoms with van der Waals surface area (Å²) in [6, 6.07) is 7.93. The fraction of sp³-hybridized carbons (Fsp3) is 0.350. The van der Waals surface area contributed by atoms with Crippen LogP contribution in [0.1, 0.15) is 36.7 Å². The molecule has 144 valence electrons. The van der Waals surface area contributed by atoms with Crippen LogP contribution in [0.15, 0.2) is 30.6 Å². The largest absolute Gasteiger partial charge is 0.310 e. The van der Waals surface area contributed by atoms with Crippen LogP contribution in [-0.2, 0) is 17.8 Å². The first kappa shape index (κ1) is 18.1. The van der Waals surface area contributed by atoms with Gasteiger partial charge in [-0.05, 0) is 44.4 Å². The maximum atomic E-state index is 12.6. The second-order valence-corrected chi connectivity index (χ2v) is 6.86. The molecular formula is C20H23N7O. The molecule has 0 saturated carbocycles. The van der Waals surface area contributed by atoms with Crippen molar-refractivity contribution in [2.75, 3.05) is 5.32 Å². The van der Waals surface area contributed by atoms with Crippen LogP contribution in [0.4, 0.5) is 5.95 Å². The van der Waals surface area contributed by atoms with Crippen LogP contribution in [0.3, 0.4) is 0 Å². The smallest absolute Gasteiger partial charge is 0.252 e. The highest BCUT2D eigenvalue weighted by molar-refractivity contribution is 5.91. The number of aromatic nitrogens is 6. The molecule has 0 bridgehead atoms. The Morgan fingerprint density at radius 1 is 1.18 bits per heavy atom. The van der Waals surface area contributed by atoms with E-state index in [1.54, 1.807) is 4.52 Å². The van der Waals surface area contributed by atoms with Gasteiger partial charge in [-0.1, -0.05) is 19.1 Å². The highest BCUT2D eigenvalue weighted by Crippen LogP contribution is 2.21. The van der Waals surface area contributed by atoms with Gasteiger partial charge < -0.3 is 4.57 Å². The molecule has 1 N–H and O–H groups in total. The Hall–Kier alpha value is -3.29. The Morgan fingerprint density at radius 3 is 2.82 bits per heavy atom. The fourth-order valence-electron chi connectivity index (χ4n) is 3.56. The summed E-state index contributed by atoms with van der Waals surface area (Å²) in [5, 5.41) is 7.18. The Kier molecular flexibility index (Phi) is 4.77. The van der Waals surface area contributed by atoms with E-state index in [2.05, 4.69) is 36.9 Å². The van der Waals surface area contributed by atoms with Crippen molar-refractivity contribution in [2.45, 2.75) is 46.6 Å². The zero-order chi connectivity index (χ0) is 19.7. The molecule has 8 nitrogen and oxygen atoms in total. The summed E-state index contributed by atoms with van der Waals surface area (Å²) in [5.74, 6) is 1.12. The van der Waals surface area contributed by atoms with Crippen LogP contribution in [0.25, 0.3) is 16.8 Å². The molecule has 0 unspecified atom stereocenters. The van der Waals surface area contributed by atoms with Gasteiger partial charge in [-0.3, -0.25) is 10.1 Å². The number of hydrogen-bond acceptors (Lipinski definition) is 5. The second-order valence-electron chi connectivity index (χ2n) is 6.86. The Morgan fingerprint density at radius 2 is 2.00 bits per heavy atom. The van der Waals surface area contributed by atoms with Gasteiger partial charge in [-0.25, -0.2) is 14.5 Å². The number of carbonyl (C=O) groups excluding carboxylic acids is 1. The van der Waals surface area contributed by atoms with Crippen molar-refractivity contribution in [1.29, 1.82) is 0 Å². The topological polar surface area (TPSA) is 90.0 Å². The highest BCUT2D eigenvalue weighted by Gasteiger charge is 2.15. The van der Waals surface area contributed by atoms with Crippen molar-refractivity contribution < 1.29 is 4.79 Å². The van der Waals surface area contributed by atoms with Gasteiger partial charge in [0.2, 0.25) is 11.9 Å². The molecule has 0 atom stereocenters. The van der Waals surface area contributed by atoms with Crippen molar-refractivity contribution in [1.82, 2.24) is 29.1 Å². The van der Waals surface area contributed by atoms with Gasteiger partial charge >= 0.3 is 0 Å². The molecule has 28 heavy (non-hydrogen) atoms. The van der Waals surface area contributed by atoms with Crippen molar-refractivity contribution in [3.05, 3.63) is 47.5 Å². The molecule has 0 aliphatic rings. The number of rotatable bonds is 6. The number of imidazole rings is 1. The number of benzene rings is 1. The average molecular weight is 377 g/mol. The molecule has 0 spiro atoms. The number of aryl methyl sites for hydroxylation is 3. The molecule has 3 aromatic heterocycles. The van der Waals surface area contributed by atoms with E-state index in [1.165, 1.54) is 6.33 Å². The maximum Gasteiger partial charge on any atom is 0.252 e. The van der Waals surface area contributed by atoms with Crippen LogP contribution >= 0.6 is 0 Å².